The molecule has 1 aromatic rings. The van der Waals surface area contributed by atoms with Crippen LogP contribution in [0.2, 0.25) is 0 Å². The molecular weight excluding hydrogens is 164 g/mol. The van der Waals surface area contributed by atoms with Crippen LogP contribution in [0.25, 0.3) is 0 Å². The summed E-state index contributed by atoms with van der Waals surface area (Å²) >= 11 is 0. The standard InChI is InChI=1S/C10H12N2O/c1-2-9(8-11)7-10(13)12-5-3-4-6-12/h3-6,9H,2,7H2,1H3/t9-/m1/s1. The number of carbonyl (C=O) groups is 1. The molecule has 1 heterocycles. The van der Waals surface area contributed by atoms with Crippen LogP contribution in [0.1, 0.15) is 24.6 Å². The summed E-state index contributed by atoms with van der Waals surface area (Å²) in [6.45, 7) is 1.91. The molecule has 3 heteroatoms. The zero-order valence-corrected chi connectivity index (χ0v) is 7.60. The van der Waals surface area contributed by atoms with Crippen LogP contribution in [0.15, 0.2) is 24.5 Å². The Kier molecular flexibility index (Phi) is 3.27. The highest BCUT2D eigenvalue weighted by Gasteiger charge is 2.11. The van der Waals surface area contributed by atoms with Gasteiger partial charge in [0.05, 0.1) is 12.0 Å². The monoisotopic (exact) mass is 176 g/mol. The second-order valence-corrected chi connectivity index (χ2v) is 2.92. The van der Waals surface area contributed by atoms with E-state index in [1.54, 1.807) is 24.5 Å². The molecule has 0 fully saturated rings. The van der Waals surface area contributed by atoms with Crippen molar-refractivity contribution in [2.24, 2.45) is 5.92 Å². The first-order valence-electron chi connectivity index (χ1n) is 4.33. The summed E-state index contributed by atoms with van der Waals surface area (Å²) in [5, 5.41) is 8.66. The van der Waals surface area contributed by atoms with Crippen molar-refractivity contribution >= 4 is 5.91 Å². The lowest BCUT2D eigenvalue weighted by molar-refractivity contribution is 0.0889. The minimum absolute atomic E-state index is 0.0154. The van der Waals surface area contributed by atoms with E-state index in [0.29, 0.717) is 6.42 Å². The molecule has 0 bridgehead atoms. The number of hydrogen-bond donors (Lipinski definition) is 0. The lowest BCUT2D eigenvalue weighted by Gasteiger charge is -2.04. The Morgan fingerprint density at radius 1 is 1.54 bits per heavy atom. The molecule has 1 aromatic heterocycles. The lowest BCUT2D eigenvalue weighted by Crippen LogP contribution is -2.12. The highest BCUT2D eigenvalue weighted by atomic mass is 16.1. The molecule has 0 radical (unpaired) electrons. The van der Waals surface area contributed by atoms with Gasteiger partial charge in [0.25, 0.3) is 0 Å². The van der Waals surface area contributed by atoms with E-state index >= 15 is 0 Å². The van der Waals surface area contributed by atoms with Gasteiger partial charge in [-0.3, -0.25) is 9.36 Å². The molecular formula is C10H12N2O. The Morgan fingerprint density at radius 3 is 2.62 bits per heavy atom. The average Bonchev–Trinajstić information content (AvgIpc) is 2.66. The number of nitrogens with zero attached hydrogens (tertiary/aromatic N) is 2. The van der Waals surface area contributed by atoms with E-state index in [9.17, 15) is 4.79 Å². The van der Waals surface area contributed by atoms with Crippen molar-refractivity contribution in [1.82, 2.24) is 4.57 Å². The van der Waals surface area contributed by atoms with E-state index in [1.165, 1.54) is 4.57 Å². The average molecular weight is 176 g/mol. The van der Waals surface area contributed by atoms with E-state index in [-0.39, 0.29) is 11.8 Å². The Hall–Kier alpha value is -1.56. The number of hydrogen-bond acceptors (Lipinski definition) is 2. The van der Waals surface area contributed by atoms with Gasteiger partial charge in [0.15, 0.2) is 0 Å². The van der Waals surface area contributed by atoms with Crippen LogP contribution in [-0.4, -0.2) is 10.5 Å². The number of nitriles is 1. The van der Waals surface area contributed by atoms with Gasteiger partial charge in [0, 0.05) is 18.8 Å². The summed E-state index contributed by atoms with van der Waals surface area (Å²) < 4.78 is 1.51. The largest absolute Gasteiger partial charge is 0.295 e. The van der Waals surface area contributed by atoms with Crippen LogP contribution in [0, 0.1) is 17.2 Å². The molecule has 1 rings (SSSR count). The fourth-order valence-electron chi connectivity index (χ4n) is 1.10. The predicted octanol–water partition coefficient (Wildman–Crippen LogP) is 2.07. The molecule has 0 aliphatic heterocycles. The first-order chi connectivity index (χ1) is 6.27. The topological polar surface area (TPSA) is 45.8 Å². The van der Waals surface area contributed by atoms with Crippen molar-refractivity contribution < 1.29 is 4.79 Å². The van der Waals surface area contributed by atoms with Crippen molar-refractivity contribution in [3.8, 4) is 6.07 Å². The zero-order chi connectivity index (χ0) is 9.68. The quantitative estimate of drug-likeness (QED) is 0.707. The SMILES string of the molecule is CC[C@@H](C#N)CC(=O)n1cccc1. The van der Waals surface area contributed by atoms with Crippen LogP contribution in [0.3, 0.4) is 0 Å². The smallest absolute Gasteiger partial charge is 0.231 e. The van der Waals surface area contributed by atoms with Crippen LogP contribution in [-0.2, 0) is 0 Å². The molecule has 0 saturated carbocycles. The van der Waals surface area contributed by atoms with Gasteiger partial charge in [0.1, 0.15) is 0 Å². The number of rotatable bonds is 3. The van der Waals surface area contributed by atoms with Crippen molar-refractivity contribution in [3.05, 3.63) is 24.5 Å². The summed E-state index contributed by atoms with van der Waals surface area (Å²) in [6, 6.07) is 5.70. The van der Waals surface area contributed by atoms with E-state index in [2.05, 4.69) is 6.07 Å². The number of carbonyl (C=O) groups excluding carboxylic acids is 1. The fourth-order valence-corrected chi connectivity index (χ4v) is 1.10. The van der Waals surface area contributed by atoms with Crippen molar-refractivity contribution in [2.45, 2.75) is 19.8 Å². The maximum atomic E-state index is 11.4. The minimum Gasteiger partial charge on any atom is -0.295 e. The van der Waals surface area contributed by atoms with Crippen LogP contribution < -0.4 is 0 Å². The van der Waals surface area contributed by atoms with E-state index < -0.39 is 0 Å². The molecule has 0 saturated heterocycles. The molecule has 0 amide bonds. The number of aromatic nitrogens is 1. The van der Waals surface area contributed by atoms with Crippen LogP contribution >= 0.6 is 0 Å². The first kappa shape index (κ1) is 9.53. The maximum Gasteiger partial charge on any atom is 0.231 e. The van der Waals surface area contributed by atoms with Crippen LogP contribution in [0.5, 0.6) is 0 Å². The van der Waals surface area contributed by atoms with Gasteiger partial charge in [-0.15, -0.1) is 0 Å². The molecule has 0 aromatic carbocycles. The van der Waals surface area contributed by atoms with E-state index in [0.717, 1.165) is 6.42 Å². The van der Waals surface area contributed by atoms with Gasteiger partial charge in [-0.1, -0.05) is 6.92 Å². The predicted molar refractivity (Wildman–Crippen MR) is 49.1 cm³/mol. The van der Waals surface area contributed by atoms with E-state index in [4.69, 9.17) is 5.26 Å². The molecule has 0 spiro atoms. The third-order valence-corrected chi connectivity index (χ3v) is 1.99. The second kappa shape index (κ2) is 4.46. The maximum absolute atomic E-state index is 11.4. The molecule has 13 heavy (non-hydrogen) atoms. The van der Waals surface area contributed by atoms with Crippen LogP contribution in [0.4, 0.5) is 0 Å². The van der Waals surface area contributed by atoms with E-state index in [1.807, 2.05) is 6.92 Å². The van der Waals surface area contributed by atoms with Crippen molar-refractivity contribution in [2.75, 3.05) is 0 Å². The van der Waals surface area contributed by atoms with Gasteiger partial charge >= 0.3 is 0 Å². The summed E-state index contributed by atoms with van der Waals surface area (Å²) in [4.78, 5) is 11.4. The third kappa shape index (κ3) is 2.45. The molecule has 0 N–H and O–H groups in total. The molecule has 1 atom stereocenters. The molecule has 0 unspecified atom stereocenters. The molecule has 0 aliphatic rings. The Labute approximate surface area is 77.6 Å². The van der Waals surface area contributed by atoms with Crippen molar-refractivity contribution in [3.63, 3.8) is 0 Å². The first-order valence-corrected chi connectivity index (χ1v) is 4.33. The normalized spacial score (nSPS) is 12.0. The summed E-state index contributed by atoms with van der Waals surface area (Å²) in [7, 11) is 0. The van der Waals surface area contributed by atoms with Gasteiger partial charge in [-0.2, -0.15) is 5.26 Å². The van der Waals surface area contributed by atoms with Gasteiger partial charge in [-0.25, -0.2) is 0 Å². The summed E-state index contributed by atoms with van der Waals surface area (Å²) in [5.41, 5.74) is 0. The lowest BCUT2D eigenvalue weighted by atomic mass is 10.0. The second-order valence-electron chi connectivity index (χ2n) is 2.92. The minimum atomic E-state index is -0.158. The van der Waals surface area contributed by atoms with Gasteiger partial charge < -0.3 is 0 Å². The molecule has 68 valence electrons. The van der Waals surface area contributed by atoms with Crippen molar-refractivity contribution in [1.29, 1.82) is 5.26 Å². The van der Waals surface area contributed by atoms with Gasteiger partial charge in [-0.05, 0) is 18.6 Å². The Bertz CT molecular complexity index is 308. The molecule has 0 aliphatic carbocycles. The Balaban J connectivity index is 2.57. The van der Waals surface area contributed by atoms with Gasteiger partial charge in [0.2, 0.25) is 5.91 Å². The molecule has 3 nitrogen and oxygen atoms in total. The third-order valence-electron chi connectivity index (χ3n) is 1.99. The zero-order valence-electron chi connectivity index (χ0n) is 7.60. The Morgan fingerprint density at radius 2 is 2.15 bits per heavy atom. The highest BCUT2D eigenvalue weighted by Crippen LogP contribution is 2.08. The highest BCUT2D eigenvalue weighted by molar-refractivity contribution is 5.79. The fraction of sp³-hybridized carbons (Fsp3) is 0.400. The summed E-state index contributed by atoms with van der Waals surface area (Å²) in [6.07, 6.45) is 4.43. The summed E-state index contributed by atoms with van der Waals surface area (Å²) in [5.74, 6) is -0.173.